The normalized spacial score (nSPS) is 19.6. The molecule has 0 aliphatic carbocycles. The standard InChI is InChI=1S/C17H23BFN3O3/c1-11-14(12(2)23-21-11)10-22-9-13(8-20-22)7-15(19)18-24-16(3,4)17(5,6)25-18/h7-9H,10H2,1-6H3. The van der Waals surface area contributed by atoms with Gasteiger partial charge in [-0.1, -0.05) is 5.16 Å². The lowest BCUT2D eigenvalue weighted by molar-refractivity contribution is 0.00578. The smallest absolute Gasteiger partial charge is 0.398 e. The lowest BCUT2D eigenvalue weighted by atomic mass is 9.87. The topological polar surface area (TPSA) is 62.3 Å². The molecule has 0 radical (unpaired) electrons. The van der Waals surface area contributed by atoms with Crippen LogP contribution >= 0.6 is 0 Å². The Labute approximate surface area is 147 Å². The first-order valence-electron chi connectivity index (χ1n) is 8.26. The van der Waals surface area contributed by atoms with Gasteiger partial charge in [0.25, 0.3) is 0 Å². The van der Waals surface area contributed by atoms with E-state index in [-0.39, 0.29) is 0 Å². The molecule has 1 saturated heterocycles. The van der Waals surface area contributed by atoms with Crippen LogP contribution in [-0.2, 0) is 15.9 Å². The Morgan fingerprint density at radius 1 is 1.24 bits per heavy atom. The van der Waals surface area contributed by atoms with E-state index in [4.69, 9.17) is 13.8 Å². The molecule has 0 spiro atoms. The van der Waals surface area contributed by atoms with Crippen molar-refractivity contribution in [3.8, 4) is 0 Å². The molecule has 3 heterocycles. The molecule has 1 fully saturated rings. The zero-order valence-corrected chi connectivity index (χ0v) is 15.5. The zero-order chi connectivity index (χ0) is 18.4. The van der Waals surface area contributed by atoms with Gasteiger partial charge >= 0.3 is 7.12 Å². The molecule has 1 aliphatic rings. The summed E-state index contributed by atoms with van der Waals surface area (Å²) in [6.07, 6.45) is 4.75. The van der Waals surface area contributed by atoms with Crippen LogP contribution in [0.5, 0.6) is 0 Å². The molecule has 0 amide bonds. The predicted octanol–water partition coefficient (Wildman–Crippen LogP) is 3.48. The highest BCUT2D eigenvalue weighted by Gasteiger charge is 2.53. The van der Waals surface area contributed by atoms with Gasteiger partial charge in [-0.25, -0.2) is 4.39 Å². The van der Waals surface area contributed by atoms with Gasteiger partial charge < -0.3 is 13.8 Å². The first kappa shape index (κ1) is 17.9. The molecule has 0 N–H and O–H groups in total. The fourth-order valence-electron chi connectivity index (χ4n) is 2.61. The van der Waals surface area contributed by atoms with Gasteiger partial charge in [-0.2, -0.15) is 5.10 Å². The summed E-state index contributed by atoms with van der Waals surface area (Å²) in [5.41, 5.74) is 0.820. The van der Waals surface area contributed by atoms with Crippen LogP contribution in [0.15, 0.2) is 22.6 Å². The SMILES string of the molecule is Cc1noc(C)c1Cn1cc(C=C(F)B2OC(C)(C)C(C)(C)O2)cn1. The Morgan fingerprint density at radius 3 is 2.44 bits per heavy atom. The Kier molecular flexibility index (Phi) is 4.37. The summed E-state index contributed by atoms with van der Waals surface area (Å²) in [7, 11) is -1.00. The number of halogens is 1. The lowest BCUT2D eigenvalue weighted by Gasteiger charge is -2.32. The van der Waals surface area contributed by atoms with E-state index < -0.39 is 24.0 Å². The third kappa shape index (κ3) is 3.41. The van der Waals surface area contributed by atoms with Gasteiger partial charge in [-0.05, 0) is 47.6 Å². The van der Waals surface area contributed by atoms with Gasteiger partial charge in [0, 0.05) is 17.3 Å². The largest absolute Gasteiger partial charge is 0.525 e. The molecule has 0 atom stereocenters. The van der Waals surface area contributed by atoms with E-state index in [1.807, 2.05) is 41.5 Å². The number of rotatable bonds is 4. The van der Waals surface area contributed by atoms with E-state index in [0.29, 0.717) is 12.1 Å². The minimum atomic E-state index is -1.00. The molecule has 0 bridgehead atoms. The fraction of sp³-hybridized carbons (Fsp3) is 0.529. The quantitative estimate of drug-likeness (QED) is 0.793. The highest BCUT2D eigenvalue weighted by atomic mass is 19.1. The van der Waals surface area contributed by atoms with Gasteiger partial charge in [0.05, 0.1) is 29.6 Å². The van der Waals surface area contributed by atoms with Crippen LogP contribution in [0, 0.1) is 13.8 Å². The van der Waals surface area contributed by atoms with Crippen molar-refractivity contribution in [2.75, 3.05) is 0 Å². The minimum Gasteiger partial charge on any atom is -0.398 e. The summed E-state index contributed by atoms with van der Waals surface area (Å²) >= 11 is 0. The monoisotopic (exact) mass is 347 g/mol. The van der Waals surface area contributed by atoms with E-state index in [9.17, 15) is 4.39 Å². The van der Waals surface area contributed by atoms with Gasteiger partial charge in [-0.3, -0.25) is 4.68 Å². The average molecular weight is 347 g/mol. The van der Waals surface area contributed by atoms with Crippen molar-refractivity contribution in [2.24, 2.45) is 0 Å². The molecule has 6 nitrogen and oxygen atoms in total. The van der Waals surface area contributed by atoms with Gasteiger partial charge in [0.2, 0.25) is 0 Å². The summed E-state index contributed by atoms with van der Waals surface area (Å²) in [5.74, 6) is 0.758. The molecule has 3 rings (SSSR count). The van der Waals surface area contributed by atoms with Crippen LogP contribution in [-0.4, -0.2) is 33.3 Å². The maximum absolute atomic E-state index is 14.5. The molecule has 134 valence electrons. The summed E-state index contributed by atoms with van der Waals surface area (Å²) in [4.78, 5) is 0. The van der Waals surface area contributed by atoms with Crippen molar-refractivity contribution in [1.82, 2.24) is 14.9 Å². The molecule has 2 aromatic heterocycles. The third-order valence-corrected chi connectivity index (χ3v) is 4.94. The van der Waals surface area contributed by atoms with E-state index >= 15 is 0 Å². The van der Waals surface area contributed by atoms with Crippen LogP contribution in [0.2, 0.25) is 0 Å². The second-order valence-corrected chi connectivity index (χ2v) is 7.39. The van der Waals surface area contributed by atoms with Crippen LogP contribution in [0.1, 0.15) is 50.3 Å². The Bertz CT molecular complexity index is 774. The summed E-state index contributed by atoms with van der Waals surface area (Å²) in [6, 6.07) is 0. The molecule has 8 heteroatoms. The van der Waals surface area contributed by atoms with Gasteiger partial charge in [0.15, 0.2) is 0 Å². The van der Waals surface area contributed by atoms with Gasteiger partial charge in [-0.15, -0.1) is 0 Å². The number of hydrogen-bond acceptors (Lipinski definition) is 5. The Balaban J connectivity index is 1.74. The van der Waals surface area contributed by atoms with Crippen LogP contribution in [0.4, 0.5) is 4.39 Å². The second-order valence-electron chi connectivity index (χ2n) is 7.39. The second kappa shape index (κ2) is 6.11. The number of hydrogen-bond donors (Lipinski definition) is 0. The molecule has 0 saturated carbocycles. The van der Waals surface area contributed by atoms with Crippen LogP contribution in [0.3, 0.4) is 0 Å². The molecule has 25 heavy (non-hydrogen) atoms. The van der Waals surface area contributed by atoms with Gasteiger partial charge in [0.1, 0.15) is 11.5 Å². The zero-order valence-electron chi connectivity index (χ0n) is 15.5. The van der Waals surface area contributed by atoms with Crippen LogP contribution in [0.25, 0.3) is 6.08 Å². The Hall–Kier alpha value is -1.93. The maximum atomic E-state index is 14.5. The van der Waals surface area contributed by atoms with Crippen molar-refractivity contribution < 1.29 is 18.2 Å². The third-order valence-electron chi connectivity index (χ3n) is 4.94. The summed E-state index contributed by atoms with van der Waals surface area (Å²) < 4.78 is 32.8. The predicted molar refractivity (Wildman–Crippen MR) is 92.5 cm³/mol. The van der Waals surface area contributed by atoms with Crippen LogP contribution < -0.4 is 0 Å². The number of aromatic nitrogens is 3. The molecular weight excluding hydrogens is 324 g/mol. The van der Waals surface area contributed by atoms with Crippen molar-refractivity contribution in [1.29, 1.82) is 0 Å². The first-order valence-corrected chi connectivity index (χ1v) is 8.26. The summed E-state index contributed by atoms with van der Waals surface area (Å²) in [6.45, 7) is 11.8. The van der Waals surface area contributed by atoms with Crippen molar-refractivity contribution >= 4 is 13.2 Å². The molecular formula is C17H23BFN3O3. The number of nitrogens with zero attached hydrogens (tertiary/aromatic N) is 3. The lowest BCUT2D eigenvalue weighted by Crippen LogP contribution is -2.41. The Morgan fingerprint density at radius 2 is 1.88 bits per heavy atom. The minimum absolute atomic E-state index is 0.476. The maximum Gasteiger partial charge on any atom is 0.525 e. The molecule has 2 aromatic rings. The van der Waals surface area contributed by atoms with E-state index in [2.05, 4.69) is 10.3 Å². The summed E-state index contributed by atoms with van der Waals surface area (Å²) in [5, 5.41) is 8.19. The molecule has 0 aromatic carbocycles. The highest BCUT2D eigenvalue weighted by molar-refractivity contribution is 6.54. The highest BCUT2D eigenvalue weighted by Crippen LogP contribution is 2.39. The van der Waals surface area contributed by atoms with Crippen molar-refractivity contribution in [3.63, 3.8) is 0 Å². The van der Waals surface area contributed by atoms with E-state index in [1.165, 1.54) is 6.08 Å². The van der Waals surface area contributed by atoms with E-state index in [1.54, 1.807) is 17.1 Å². The first-order chi connectivity index (χ1) is 11.6. The van der Waals surface area contributed by atoms with Crippen molar-refractivity contribution in [3.05, 3.63) is 40.7 Å². The molecule has 0 unspecified atom stereocenters. The number of aryl methyl sites for hydroxylation is 2. The van der Waals surface area contributed by atoms with Crippen molar-refractivity contribution in [2.45, 2.75) is 59.3 Å². The molecule has 1 aliphatic heterocycles. The van der Waals surface area contributed by atoms with E-state index in [0.717, 1.165) is 17.0 Å². The fourth-order valence-corrected chi connectivity index (χ4v) is 2.61. The average Bonchev–Trinajstić information content (AvgIpc) is 3.13.